The summed E-state index contributed by atoms with van der Waals surface area (Å²) in [6.45, 7) is 1.42. The number of hydrogen-bond acceptors (Lipinski definition) is 3. The largest absolute Gasteiger partial charge is 0.507 e. The molecule has 4 nitrogen and oxygen atoms in total. The van der Waals surface area contributed by atoms with Crippen molar-refractivity contribution in [1.29, 1.82) is 0 Å². The molecule has 5 heteroatoms. The van der Waals surface area contributed by atoms with Crippen molar-refractivity contribution in [3.8, 4) is 5.75 Å². The van der Waals surface area contributed by atoms with E-state index in [-0.39, 0.29) is 5.75 Å². The molecule has 0 aromatic heterocycles. The summed E-state index contributed by atoms with van der Waals surface area (Å²) in [5.41, 5.74) is 0.405. The van der Waals surface area contributed by atoms with Crippen LogP contribution in [0.4, 0.5) is 0 Å². The zero-order chi connectivity index (χ0) is 11.6. The van der Waals surface area contributed by atoms with E-state index in [1.807, 2.05) is 22.6 Å². The van der Waals surface area contributed by atoms with Gasteiger partial charge in [0.2, 0.25) is 0 Å². The van der Waals surface area contributed by atoms with Crippen LogP contribution in [0.2, 0.25) is 0 Å². The van der Waals surface area contributed by atoms with Crippen molar-refractivity contribution in [1.82, 2.24) is 0 Å². The van der Waals surface area contributed by atoms with Crippen molar-refractivity contribution in [2.75, 3.05) is 0 Å². The normalized spacial score (nSPS) is 14.6. The van der Waals surface area contributed by atoms with Crippen LogP contribution in [0.1, 0.15) is 18.6 Å². The molecular weight excluding hydrogens is 311 g/mol. The van der Waals surface area contributed by atoms with Gasteiger partial charge in [0.1, 0.15) is 5.75 Å². The number of phenolic OH excluding ortho intramolecular Hbond substituents is 1. The van der Waals surface area contributed by atoms with Crippen molar-refractivity contribution in [2.24, 2.45) is 5.92 Å². The van der Waals surface area contributed by atoms with Crippen molar-refractivity contribution in [3.63, 3.8) is 0 Å². The van der Waals surface area contributed by atoms with Gasteiger partial charge in [0.05, 0.1) is 15.6 Å². The van der Waals surface area contributed by atoms with Gasteiger partial charge >= 0.3 is 5.97 Å². The van der Waals surface area contributed by atoms with Gasteiger partial charge < -0.3 is 15.3 Å². The van der Waals surface area contributed by atoms with Gasteiger partial charge in [-0.05, 0) is 47.2 Å². The molecular formula is C10H11IO4. The Morgan fingerprint density at radius 3 is 2.53 bits per heavy atom. The molecule has 0 amide bonds. The van der Waals surface area contributed by atoms with Crippen LogP contribution in [0.5, 0.6) is 5.75 Å². The van der Waals surface area contributed by atoms with E-state index < -0.39 is 18.0 Å². The number of aromatic hydroxyl groups is 1. The Balaban J connectivity index is 2.96. The maximum atomic E-state index is 10.6. The molecule has 0 saturated carbocycles. The first-order valence-corrected chi connectivity index (χ1v) is 5.40. The average molecular weight is 322 g/mol. The zero-order valence-corrected chi connectivity index (χ0v) is 10.2. The molecule has 0 aliphatic carbocycles. The fourth-order valence-electron chi connectivity index (χ4n) is 1.14. The number of carbonyl (C=O) groups is 1. The summed E-state index contributed by atoms with van der Waals surface area (Å²) in [7, 11) is 0. The fraction of sp³-hybridized carbons (Fsp3) is 0.300. The van der Waals surface area contributed by atoms with Crippen LogP contribution in [0.15, 0.2) is 18.2 Å². The second-order valence-corrected chi connectivity index (χ2v) is 4.44. The van der Waals surface area contributed by atoms with Crippen molar-refractivity contribution >= 4 is 28.6 Å². The van der Waals surface area contributed by atoms with Gasteiger partial charge in [-0.25, -0.2) is 0 Å². The number of carboxylic acids is 1. The first kappa shape index (κ1) is 12.3. The quantitative estimate of drug-likeness (QED) is 0.741. The number of aliphatic carboxylic acids is 1. The number of aliphatic hydroxyl groups is 1. The van der Waals surface area contributed by atoms with Gasteiger partial charge in [0, 0.05) is 0 Å². The molecule has 0 bridgehead atoms. The topological polar surface area (TPSA) is 77.8 Å². The predicted molar refractivity (Wildman–Crippen MR) is 62.6 cm³/mol. The molecule has 0 radical (unpaired) electrons. The smallest absolute Gasteiger partial charge is 0.309 e. The highest BCUT2D eigenvalue weighted by atomic mass is 127. The lowest BCUT2D eigenvalue weighted by molar-refractivity contribution is -0.145. The van der Waals surface area contributed by atoms with Crippen LogP contribution >= 0.6 is 22.6 Å². The third-order valence-electron chi connectivity index (χ3n) is 2.17. The molecule has 2 atom stereocenters. The molecule has 1 aromatic rings. The summed E-state index contributed by atoms with van der Waals surface area (Å²) in [4.78, 5) is 10.6. The van der Waals surface area contributed by atoms with Gasteiger partial charge in [0.25, 0.3) is 0 Å². The summed E-state index contributed by atoms with van der Waals surface area (Å²) in [5, 5.41) is 27.8. The fourth-order valence-corrected chi connectivity index (χ4v) is 1.47. The van der Waals surface area contributed by atoms with Gasteiger partial charge in [-0.3, -0.25) is 4.79 Å². The van der Waals surface area contributed by atoms with E-state index in [0.29, 0.717) is 9.13 Å². The Bertz CT molecular complexity index is 378. The molecule has 0 fully saturated rings. The molecule has 0 unspecified atom stereocenters. The summed E-state index contributed by atoms with van der Waals surface area (Å²) in [6.07, 6.45) is -1.11. The molecule has 1 rings (SSSR count). The number of phenols is 1. The van der Waals surface area contributed by atoms with Crippen molar-refractivity contribution in [2.45, 2.75) is 13.0 Å². The number of aliphatic hydroxyl groups excluding tert-OH is 1. The zero-order valence-electron chi connectivity index (χ0n) is 8.01. The summed E-state index contributed by atoms with van der Waals surface area (Å²) < 4.78 is 0.659. The molecule has 0 spiro atoms. The second kappa shape index (κ2) is 4.80. The van der Waals surface area contributed by atoms with E-state index in [1.54, 1.807) is 12.1 Å². The highest BCUT2D eigenvalue weighted by molar-refractivity contribution is 14.1. The lowest BCUT2D eigenvalue weighted by Gasteiger charge is -2.15. The first-order valence-electron chi connectivity index (χ1n) is 4.32. The molecule has 82 valence electrons. The number of rotatable bonds is 3. The van der Waals surface area contributed by atoms with E-state index in [0.717, 1.165) is 0 Å². The minimum Gasteiger partial charge on any atom is -0.507 e. The predicted octanol–water partition coefficient (Wildman–Crippen LogP) is 1.75. The standard InChI is InChI=1S/C10H11IO4/c1-5(10(14)15)9(13)6-2-3-7(11)8(12)4-6/h2-5,9,12-13H,1H3,(H,14,15)/t5-,9+/m0/s1. The summed E-state index contributed by atoms with van der Waals surface area (Å²) in [6, 6.07) is 4.61. The highest BCUT2D eigenvalue weighted by Crippen LogP contribution is 2.27. The van der Waals surface area contributed by atoms with Crippen LogP contribution in [-0.2, 0) is 4.79 Å². The van der Waals surface area contributed by atoms with Crippen LogP contribution < -0.4 is 0 Å². The summed E-state index contributed by atoms with van der Waals surface area (Å²) >= 11 is 1.95. The Morgan fingerprint density at radius 2 is 2.07 bits per heavy atom. The Hall–Kier alpha value is -0.820. The molecule has 15 heavy (non-hydrogen) atoms. The van der Waals surface area contributed by atoms with E-state index in [1.165, 1.54) is 13.0 Å². The minimum atomic E-state index is -1.11. The third kappa shape index (κ3) is 2.82. The highest BCUT2D eigenvalue weighted by Gasteiger charge is 2.23. The van der Waals surface area contributed by atoms with Gasteiger partial charge in [-0.1, -0.05) is 6.07 Å². The Labute approximate surface area is 101 Å². The number of hydrogen-bond donors (Lipinski definition) is 3. The van der Waals surface area contributed by atoms with E-state index in [2.05, 4.69) is 0 Å². The molecule has 3 N–H and O–H groups in total. The van der Waals surface area contributed by atoms with Crippen LogP contribution in [-0.4, -0.2) is 21.3 Å². The lowest BCUT2D eigenvalue weighted by Crippen LogP contribution is -2.18. The van der Waals surface area contributed by atoms with Gasteiger partial charge in [-0.15, -0.1) is 0 Å². The average Bonchev–Trinajstić information content (AvgIpc) is 2.19. The number of carboxylic acid groups (broad SMARTS) is 1. The van der Waals surface area contributed by atoms with E-state index >= 15 is 0 Å². The first-order chi connectivity index (χ1) is 6.93. The number of benzene rings is 1. The minimum absolute atomic E-state index is 0.0461. The maximum Gasteiger partial charge on any atom is 0.309 e. The van der Waals surface area contributed by atoms with Gasteiger partial charge in [0.15, 0.2) is 0 Å². The molecule has 0 aliphatic heterocycles. The second-order valence-electron chi connectivity index (χ2n) is 3.28. The molecule has 0 heterocycles. The van der Waals surface area contributed by atoms with Gasteiger partial charge in [-0.2, -0.15) is 0 Å². The maximum absolute atomic E-state index is 10.6. The van der Waals surface area contributed by atoms with Crippen LogP contribution in [0.3, 0.4) is 0 Å². The Kier molecular flexibility index (Phi) is 3.92. The number of halogens is 1. The van der Waals surface area contributed by atoms with E-state index in [9.17, 15) is 15.0 Å². The summed E-state index contributed by atoms with van der Waals surface area (Å²) in [5.74, 6) is -1.92. The van der Waals surface area contributed by atoms with Crippen LogP contribution in [0, 0.1) is 9.49 Å². The lowest BCUT2D eigenvalue weighted by atomic mass is 9.97. The Morgan fingerprint density at radius 1 is 1.47 bits per heavy atom. The van der Waals surface area contributed by atoms with Crippen molar-refractivity contribution in [3.05, 3.63) is 27.3 Å². The van der Waals surface area contributed by atoms with E-state index in [4.69, 9.17) is 5.11 Å². The van der Waals surface area contributed by atoms with Crippen LogP contribution in [0.25, 0.3) is 0 Å². The molecule has 0 saturated heterocycles. The SMILES string of the molecule is C[C@H](C(=O)O)[C@@H](O)c1ccc(I)c(O)c1. The molecule has 0 aliphatic rings. The monoisotopic (exact) mass is 322 g/mol. The third-order valence-corrected chi connectivity index (χ3v) is 3.09. The van der Waals surface area contributed by atoms with Crippen molar-refractivity contribution < 1.29 is 20.1 Å². The molecule has 1 aromatic carbocycles.